The summed E-state index contributed by atoms with van der Waals surface area (Å²) in [6.07, 6.45) is 2.06. The van der Waals surface area contributed by atoms with Crippen molar-refractivity contribution in [1.82, 2.24) is 14.8 Å². The number of hydrogen-bond donors (Lipinski definition) is 1. The topological polar surface area (TPSA) is 52.0 Å². The average Bonchev–Trinajstić information content (AvgIpc) is 3.29. The van der Waals surface area contributed by atoms with Crippen LogP contribution in [0.2, 0.25) is 0 Å². The van der Waals surface area contributed by atoms with Crippen LogP contribution >= 0.6 is 11.3 Å². The SMILES string of the molecule is COc1ccc(Cn2cc(-c3csc(Nc4ccccc4)n3)c(C)n2)cc1. The van der Waals surface area contributed by atoms with Gasteiger partial charge in [0.25, 0.3) is 0 Å². The molecule has 2 aromatic heterocycles. The molecule has 0 fully saturated rings. The molecule has 4 aromatic rings. The van der Waals surface area contributed by atoms with Gasteiger partial charge in [-0.3, -0.25) is 4.68 Å². The minimum atomic E-state index is 0.712. The minimum absolute atomic E-state index is 0.712. The van der Waals surface area contributed by atoms with Crippen molar-refractivity contribution in [2.75, 3.05) is 12.4 Å². The van der Waals surface area contributed by atoms with Crippen molar-refractivity contribution < 1.29 is 4.74 Å². The van der Waals surface area contributed by atoms with Crippen LogP contribution in [-0.4, -0.2) is 21.9 Å². The van der Waals surface area contributed by atoms with Crippen molar-refractivity contribution in [2.24, 2.45) is 0 Å². The lowest BCUT2D eigenvalue weighted by Crippen LogP contribution is -2.00. The van der Waals surface area contributed by atoms with Gasteiger partial charge >= 0.3 is 0 Å². The first kappa shape index (κ1) is 17.3. The Kier molecular flexibility index (Phi) is 4.89. The standard InChI is InChI=1S/C21H20N4OS/c1-15-19(13-25(24-15)12-16-8-10-18(26-2)11-9-16)20-14-27-21(23-20)22-17-6-4-3-5-7-17/h3-11,13-14H,12H2,1-2H3,(H,22,23). The Balaban J connectivity index is 1.51. The molecule has 0 spiro atoms. The first-order chi connectivity index (χ1) is 13.2. The third-order valence-electron chi connectivity index (χ3n) is 4.26. The highest BCUT2D eigenvalue weighted by Gasteiger charge is 2.12. The maximum atomic E-state index is 5.21. The number of anilines is 2. The summed E-state index contributed by atoms with van der Waals surface area (Å²) >= 11 is 1.59. The van der Waals surface area contributed by atoms with Gasteiger partial charge in [-0.1, -0.05) is 30.3 Å². The highest BCUT2D eigenvalue weighted by atomic mass is 32.1. The van der Waals surface area contributed by atoms with Crippen LogP contribution in [0.5, 0.6) is 5.75 Å². The van der Waals surface area contributed by atoms with Gasteiger partial charge in [0.15, 0.2) is 5.13 Å². The van der Waals surface area contributed by atoms with Crippen LogP contribution < -0.4 is 10.1 Å². The van der Waals surface area contributed by atoms with E-state index in [0.717, 1.165) is 33.5 Å². The number of ether oxygens (including phenoxy) is 1. The molecular weight excluding hydrogens is 356 g/mol. The third-order valence-corrected chi connectivity index (χ3v) is 5.01. The van der Waals surface area contributed by atoms with Crippen molar-refractivity contribution in [3.05, 3.63) is 77.4 Å². The third kappa shape index (κ3) is 4.01. The van der Waals surface area contributed by atoms with E-state index in [4.69, 9.17) is 9.72 Å². The van der Waals surface area contributed by atoms with Crippen LogP contribution in [0.15, 0.2) is 66.2 Å². The first-order valence-corrected chi connectivity index (χ1v) is 9.54. The molecule has 0 amide bonds. The van der Waals surface area contributed by atoms with E-state index in [9.17, 15) is 0 Å². The molecule has 27 heavy (non-hydrogen) atoms. The Bertz CT molecular complexity index is 1020. The first-order valence-electron chi connectivity index (χ1n) is 8.66. The monoisotopic (exact) mass is 376 g/mol. The number of nitrogens with zero attached hydrogens (tertiary/aromatic N) is 3. The van der Waals surface area contributed by atoms with Crippen LogP contribution in [-0.2, 0) is 6.54 Å². The molecule has 1 N–H and O–H groups in total. The average molecular weight is 376 g/mol. The van der Waals surface area contributed by atoms with E-state index in [1.807, 2.05) is 54.1 Å². The highest BCUT2D eigenvalue weighted by Crippen LogP contribution is 2.29. The summed E-state index contributed by atoms with van der Waals surface area (Å²) in [5.41, 5.74) is 5.18. The van der Waals surface area contributed by atoms with E-state index in [2.05, 4.69) is 34.1 Å². The van der Waals surface area contributed by atoms with Gasteiger partial charge in [-0.2, -0.15) is 5.10 Å². The van der Waals surface area contributed by atoms with E-state index in [1.165, 1.54) is 5.56 Å². The number of rotatable bonds is 6. The molecule has 0 aliphatic rings. The zero-order chi connectivity index (χ0) is 18.6. The molecule has 0 atom stereocenters. The summed E-state index contributed by atoms with van der Waals surface area (Å²) in [5.74, 6) is 0.858. The van der Waals surface area contributed by atoms with Gasteiger partial charge in [-0.15, -0.1) is 11.3 Å². The fourth-order valence-electron chi connectivity index (χ4n) is 2.87. The van der Waals surface area contributed by atoms with E-state index in [-0.39, 0.29) is 0 Å². The van der Waals surface area contributed by atoms with Crippen LogP contribution in [0.4, 0.5) is 10.8 Å². The van der Waals surface area contributed by atoms with Gasteiger partial charge < -0.3 is 10.1 Å². The largest absolute Gasteiger partial charge is 0.497 e. The van der Waals surface area contributed by atoms with Crippen molar-refractivity contribution in [3.8, 4) is 17.0 Å². The molecule has 0 saturated carbocycles. The summed E-state index contributed by atoms with van der Waals surface area (Å²) in [6, 6.07) is 18.1. The smallest absolute Gasteiger partial charge is 0.187 e. The van der Waals surface area contributed by atoms with Crippen molar-refractivity contribution in [1.29, 1.82) is 0 Å². The zero-order valence-electron chi connectivity index (χ0n) is 15.2. The molecule has 136 valence electrons. The fraction of sp³-hybridized carbons (Fsp3) is 0.143. The number of methoxy groups -OCH3 is 1. The van der Waals surface area contributed by atoms with Crippen LogP contribution in [0.3, 0.4) is 0 Å². The predicted octanol–water partition coefficient (Wildman–Crippen LogP) is 5.12. The zero-order valence-corrected chi connectivity index (χ0v) is 16.0. The van der Waals surface area contributed by atoms with E-state index < -0.39 is 0 Å². The number of benzene rings is 2. The Morgan fingerprint density at radius 1 is 1.07 bits per heavy atom. The second-order valence-corrected chi connectivity index (χ2v) is 7.06. The molecule has 0 bridgehead atoms. The van der Waals surface area contributed by atoms with Crippen molar-refractivity contribution >= 4 is 22.2 Å². The van der Waals surface area contributed by atoms with Gasteiger partial charge in [0.1, 0.15) is 5.75 Å². The predicted molar refractivity (Wildman–Crippen MR) is 110 cm³/mol. The second-order valence-electron chi connectivity index (χ2n) is 6.20. The number of thiazole rings is 1. The van der Waals surface area contributed by atoms with Gasteiger partial charge in [-0.25, -0.2) is 4.98 Å². The van der Waals surface area contributed by atoms with Gasteiger partial charge in [-0.05, 0) is 36.8 Å². The van der Waals surface area contributed by atoms with E-state index >= 15 is 0 Å². The van der Waals surface area contributed by atoms with E-state index in [0.29, 0.717) is 6.54 Å². The number of aryl methyl sites for hydroxylation is 1. The highest BCUT2D eigenvalue weighted by molar-refractivity contribution is 7.14. The molecule has 5 nitrogen and oxygen atoms in total. The number of aromatic nitrogens is 3. The lowest BCUT2D eigenvalue weighted by Gasteiger charge is -2.03. The molecule has 6 heteroatoms. The molecule has 0 radical (unpaired) electrons. The maximum Gasteiger partial charge on any atom is 0.187 e. The van der Waals surface area contributed by atoms with Crippen LogP contribution in [0.1, 0.15) is 11.3 Å². The Hall–Kier alpha value is -3.12. The fourth-order valence-corrected chi connectivity index (χ4v) is 3.60. The summed E-state index contributed by atoms with van der Waals surface area (Å²) in [5, 5.41) is 10.9. The Morgan fingerprint density at radius 2 is 1.85 bits per heavy atom. The number of nitrogens with one attached hydrogen (secondary N) is 1. The summed E-state index contributed by atoms with van der Waals surface area (Å²) in [4.78, 5) is 4.72. The second kappa shape index (κ2) is 7.63. The molecule has 0 unspecified atom stereocenters. The molecule has 0 aliphatic carbocycles. The molecule has 4 rings (SSSR count). The minimum Gasteiger partial charge on any atom is -0.497 e. The Labute approximate surface area is 162 Å². The summed E-state index contributed by atoms with van der Waals surface area (Å²) in [7, 11) is 1.67. The molecule has 0 saturated heterocycles. The van der Waals surface area contributed by atoms with Crippen molar-refractivity contribution in [2.45, 2.75) is 13.5 Å². The molecular formula is C21H20N4OS. The number of hydrogen-bond acceptors (Lipinski definition) is 5. The molecule has 2 aromatic carbocycles. The van der Waals surface area contributed by atoms with E-state index in [1.54, 1.807) is 18.4 Å². The molecule has 2 heterocycles. The quantitative estimate of drug-likeness (QED) is 0.508. The van der Waals surface area contributed by atoms with Crippen LogP contribution in [0, 0.1) is 6.92 Å². The van der Waals surface area contributed by atoms with Gasteiger partial charge in [0.05, 0.1) is 25.0 Å². The van der Waals surface area contributed by atoms with Gasteiger partial charge in [0.2, 0.25) is 0 Å². The van der Waals surface area contributed by atoms with Crippen LogP contribution in [0.25, 0.3) is 11.3 Å². The van der Waals surface area contributed by atoms with Gasteiger partial charge in [0, 0.05) is 22.8 Å². The normalized spacial score (nSPS) is 10.7. The Morgan fingerprint density at radius 3 is 2.59 bits per heavy atom. The summed E-state index contributed by atoms with van der Waals surface area (Å²) < 4.78 is 7.16. The molecule has 0 aliphatic heterocycles. The number of para-hydroxylation sites is 1. The lowest BCUT2D eigenvalue weighted by molar-refractivity contribution is 0.414. The maximum absolute atomic E-state index is 5.21. The summed E-state index contributed by atoms with van der Waals surface area (Å²) in [6.45, 7) is 2.73. The lowest BCUT2D eigenvalue weighted by atomic mass is 10.2. The van der Waals surface area contributed by atoms with Crippen molar-refractivity contribution in [3.63, 3.8) is 0 Å².